The minimum absolute atomic E-state index is 1.24. The Bertz CT molecular complexity index is 1650. The van der Waals surface area contributed by atoms with Crippen LogP contribution in [0, 0.1) is 0 Å². The largest absolute Gasteiger partial charge is 0.0622 e. The first-order valence-corrected chi connectivity index (χ1v) is 11.8. The van der Waals surface area contributed by atoms with E-state index < -0.39 is 0 Å². The van der Waals surface area contributed by atoms with Gasteiger partial charge in [-0.25, -0.2) is 0 Å². The van der Waals surface area contributed by atoms with Crippen LogP contribution in [0.2, 0.25) is 0 Å². The third-order valence-electron chi connectivity index (χ3n) is 7.03. The molecule has 1 aliphatic rings. The summed E-state index contributed by atoms with van der Waals surface area (Å²) in [5.74, 6) is 0. The van der Waals surface area contributed by atoms with E-state index in [-0.39, 0.29) is 0 Å². The highest BCUT2D eigenvalue weighted by atomic mass is 14.2. The van der Waals surface area contributed by atoms with Gasteiger partial charge in [-0.2, -0.15) is 0 Å². The Morgan fingerprint density at radius 2 is 0.735 bits per heavy atom. The molecule has 6 aromatic rings. The van der Waals surface area contributed by atoms with Crippen LogP contribution in [0.4, 0.5) is 0 Å². The molecule has 0 radical (unpaired) electrons. The summed E-state index contributed by atoms with van der Waals surface area (Å²) in [4.78, 5) is 0. The summed E-state index contributed by atoms with van der Waals surface area (Å²) in [6, 6.07) is 48.5. The van der Waals surface area contributed by atoms with Crippen molar-refractivity contribution in [3.8, 4) is 55.6 Å². The van der Waals surface area contributed by atoms with Gasteiger partial charge >= 0.3 is 0 Å². The van der Waals surface area contributed by atoms with Crippen LogP contribution in [-0.2, 0) is 0 Å². The third-order valence-corrected chi connectivity index (χ3v) is 7.03. The van der Waals surface area contributed by atoms with E-state index in [0.29, 0.717) is 0 Å². The minimum atomic E-state index is 1.24. The van der Waals surface area contributed by atoms with Crippen LogP contribution in [0.1, 0.15) is 0 Å². The van der Waals surface area contributed by atoms with Gasteiger partial charge in [-0.05, 0) is 78.5 Å². The molecule has 0 fully saturated rings. The SMILES string of the molecule is c1ccc(-c2ccc(-c3ccc(-c4cc5c6c(cccc6c4)-c4ccccc4-5)cc3)cc2)cc1. The van der Waals surface area contributed by atoms with Gasteiger partial charge in [-0.3, -0.25) is 0 Å². The lowest BCUT2D eigenvalue weighted by Crippen LogP contribution is -1.84. The zero-order chi connectivity index (χ0) is 22.5. The average molecular weight is 431 g/mol. The lowest BCUT2D eigenvalue weighted by atomic mass is 9.94. The summed E-state index contributed by atoms with van der Waals surface area (Å²) in [7, 11) is 0. The predicted molar refractivity (Wildman–Crippen MR) is 145 cm³/mol. The van der Waals surface area contributed by atoms with E-state index >= 15 is 0 Å². The maximum atomic E-state index is 2.36. The molecule has 6 aromatic carbocycles. The van der Waals surface area contributed by atoms with E-state index in [1.807, 2.05) is 0 Å². The first kappa shape index (κ1) is 19.1. The van der Waals surface area contributed by atoms with Crippen LogP contribution in [0.3, 0.4) is 0 Å². The van der Waals surface area contributed by atoms with Crippen molar-refractivity contribution in [2.75, 3.05) is 0 Å². The van der Waals surface area contributed by atoms with Crippen molar-refractivity contribution >= 4 is 10.8 Å². The number of hydrogen-bond donors (Lipinski definition) is 0. The number of benzene rings is 6. The maximum Gasteiger partial charge on any atom is -0.00259 e. The second kappa shape index (κ2) is 7.57. The summed E-state index contributed by atoms with van der Waals surface area (Å²) in [5, 5.41) is 2.68. The second-order valence-corrected chi connectivity index (χ2v) is 8.99. The molecule has 0 aromatic heterocycles. The summed E-state index contributed by atoms with van der Waals surface area (Å²) < 4.78 is 0. The molecule has 0 heteroatoms. The molecule has 0 aliphatic heterocycles. The van der Waals surface area contributed by atoms with Gasteiger partial charge in [-0.15, -0.1) is 0 Å². The van der Waals surface area contributed by atoms with Crippen LogP contribution in [-0.4, -0.2) is 0 Å². The van der Waals surface area contributed by atoms with Crippen LogP contribution >= 0.6 is 0 Å². The van der Waals surface area contributed by atoms with E-state index in [1.165, 1.54) is 66.4 Å². The van der Waals surface area contributed by atoms with Crippen molar-refractivity contribution in [3.05, 3.63) is 133 Å². The Kier molecular flexibility index (Phi) is 4.25. The van der Waals surface area contributed by atoms with Gasteiger partial charge < -0.3 is 0 Å². The molecule has 0 heterocycles. The Morgan fingerprint density at radius 3 is 1.35 bits per heavy atom. The Hall–Kier alpha value is -4.42. The molecule has 1 aliphatic carbocycles. The van der Waals surface area contributed by atoms with Gasteiger partial charge in [-0.1, -0.05) is 121 Å². The Balaban J connectivity index is 1.25. The van der Waals surface area contributed by atoms with Crippen molar-refractivity contribution < 1.29 is 0 Å². The summed E-state index contributed by atoms with van der Waals surface area (Å²) in [5.41, 5.74) is 12.9. The number of hydrogen-bond acceptors (Lipinski definition) is 0. The normalized spacial score (nSPS) is 11.5. The first-order valence-electron chi connectivity index (χ1n) is 11.8. The molecule has 0 nitrogen and oxygen atoms in total. The molecule has 0 amide bonds. The van der Waals surface area contributed by atoms with Crippen LogP contribution < -0.4 is 0 Å². The molecule has 158 valence electrons. The van der Waals surface area contributed by atoms with Crippen molar-refractivity contribution in [1.82, 2.24) is 0 Å². The summed E-state index contributed by atoms with van der Waals surface area (Å²) >= 11 is 0. The highest BCUT2D eigenvalue weighted by Crippen LogP contribution is 2.48. The van der Waals surface area contributed by atoms with E-state index in [4.69, 9.17) is 0 Å². The minimum Gasteiger partial charge on any atom is -0.0622 e. The Morgan fingerprint density at radius 1 is 0.265 bits per heavy atom. The van der Waals surface area contributed by atoms with E-state index in [1.54, 1.807) is 0 Å². The van der Waals surface area contributed by atoms with E-state index in [2.05, 4.69) is 133 Å². The predicted octanol–water partition coefficient (Wildman–Crippen LogP) is 9.49. The molecule has 0 saturated heterocycles. The molecule has 0 unspecified atom stereocenters. The molecular formula is C34H22. The van der Waals surface area contributed by atoms with Crippen molar-refractivity contribution in [1.29, 1.82) is 0 Å². The zero-order valence-corrected chi connectivity index (χ0v) is 18.7. The quantitative estimate of drug-likeness (QED) is 0.262. The van der Waals surface area contributed by atoms with Gasteiger partial charge in [0, 0.05) is 0 Å². The van der Waals surface area contributed by atoms with Crippen molar-refractivity contribution in [3.63, 3.8) is 0 Å². The van der Waals surface area contributed by atoms with E-state index in [9.17, 15) is 0 Å². The fraction of sp³-hybridized carbons (Fsp3) is 0. The number of rotatable bonds is 3. The summed E-state index contributed by atoms with van der Waals surface area (Å²) in [6.07, 6.45) is 0. The lowest BCUT2D eigenvalue weighted by Gasteiger charge is -2.10. The topological polar surface area (TPSA) is 0 Å². The molecule has 0 saturated carbocycles. The van der Waals surface area contributed by atoms with Gasteiger partial charge in [0.05, 0.1) is 0 Å². The third kappa shape index (κ3) is 3.00. The van der Waals surface area contributed by atoms with Crippen molar-refractivity contribution in [2.24, 2.45) is 0 Å². The van der Waals surface area contributed by atoms with Crippen molar-refractivity contribution in [2.45, 2.75) is 0 Å². The monoisotopic (exact) mass is 430 g/mol. The van der Waals surface area contributed by atoms with Gasteiger partial charge in [0.2, 0.25) is 0 Å². The zero-order valence-electron chi connectivity index (χ0n) is 18.7. The van der Waals surface area contributed by atoms with Gasteiger partial charge in [0.25, 0.3) is 0 Å². The average Bonchev–Trinajstić information content (AvgIpc) is 3.25. The number of fused-ring (bicyclic) bond motifs is 3. The van der Waals surface area contributed by atoms with Crippen LogP contribution in [0.25, 0.3) is 66.4 Å². The van der Waals surface area contributed by atoms with Crippen LogP contribution in [0.15, 0.2) is 133 Å². The molecular weight excluding hydrogens is 408 g/mol. The highest BCUT2D eigenvalue weighted by Gasteiger charge is 2.21. The van der Waals surface area contributed by atoms with Crippen LogP contribution in [0.5, 0.6) is 0 Å². The van der Waals surface area contributed by atoms with E-state index in [0.717, 1.165) is 0 Å². The first-order chi connectivity index (χ1) is 16.8. The fourth-order valence-electron chi connectivity index (χ4n) is 5.33. The summed E-state index contributed by atoms with van der Waals surface area (Å²) in [6.45, 7) is 0. The molecule has 0 atom stereocenters. The molecule has 0 spiro atoms. The smallest absolute Gasteiger partial charge is 0.00259 e. The second-order valence-electron chi connectivity index (χ2n) is 8.99. The molecule has 0 bridgehead atoms. The van der Waals surface area contributed by atoms with Gasteiger partial charge in [0.1, 0.15) is 0 Å². The van der Waals surface area contributed by atoms with Gasteiger partial charge in [0.15, 0.2) is 0 Å². The molecule has 7 rings (SSSR count). The lowest BCUT2D eigenvalue weighted by molar-refractivity contribution is 1.58. The maximum absolute atomic E-state index is 2.36. The molecule has 0 N–H and O–H groups in total. The fourth-order valence-corrected chi connectivity index (χ4v) is 5.33. The highest BCUT2D eigenvalue weighted by molar-refractivity contribution is 6.16. The molecule has 34 heavy (non-hydrogen) atoms. The Labute approximate surface area is 199 Å². The standard InChI is InChI=1S/C34H22/c1-2-7-23(8-3-1)24-13-15-25(16-14-24)26-17-19-27(20-18-26)29-21-28-9-6-12-32-30-10-4-5-11-31(30)33(22-29)34(28)32/h1-22H.